The lowest BCUT2D eigenvalue weighted by molar-refractivity contribution is -0.132. The Hall–Kier alpha value is -1.30. The van der Waals surface area contributed by atoms with Crippen LogP contribution in [0.25, 0.3) is 0 Å². The molecule has 1 aliphatic rings. The van der Waals surface area contributed by atoms with E-state index >= 15 is 0 Å². The summed E-state index contributed by atoms with van der Waals surface area (Å²) in [5, 5.41) is 1.96. The zero-order chi connectivity index (χ0) is 16.8. The van der Waals surface area contributed by atoms with Gasteiger partial charge in [0.15, 0.2) is 0 Å². The first kappa shape index (κ1) is 17.5. The van der Waals surface area contributed by atoms with Crippen molar-refractivity contribution in [1.82, 2.24) is 4.90 Å². The van der Waals surface area contributed by atoms with E-state index in [9.17, 15) is 4.79 Å². The second-order valence-corrected chi connectivity index (χ2v) is 8.45. The van der Waals surface area contributed by atoms with E-state index in [4.69, 9.17) is 4.74 Å². The normalized spacial score (nSPS) is 18.5. The maximum absolute atomic E-state index is 13.0. The van der Waals surface area contributed by atoms with Crippen LogP contribution in [0, 0.1) is 0 Å². The number of carbonyl (C=O) groups excluding carboxylic acids is 1. The van der Waals surface area contributed by atoms with Crippen LogP contribution in [0.1, 0.15) is 24.6 Å². The van der Waals surface area contributed by atoms with Crippen molar-refractivity contribution in [1.29, 1.82) is 0 Å². The zero-order valence-corrected chi connectivity index (χ0v) is 15.5. The first-order valence-electron chi connectivity index (χ1n) is 8.37. The van der Waals surface area contributed by atoms with Gasteiger partial charge in [-0.15, -0.1) is 23.1 Å². The minimum atomic E-state index is -0.103. The number of hydrogen-bond donors (Lipinski definition) is 0. The Balaban J connectivity index is 1.66. The molecule has 128 valence electrons. The van der Waals surface area contributed by atoms with E-state index in [1.807, 2.05) is 36.1 Å². The first-order valence-corrected chi connectivity index (χ1v) is 10.1. The van der Waals surface area contributed by atoms with Gasteiger partial charge in [0.1, 0.15) is 0 Å². The molecule has 1 aliphatic heterocycles. The van der Waals surface area contributed by atoms with Crippen molar-refractivity contribution in [3.8, 4) is 0 Å². The molecule has 1 aromatic carbocycles. The third-order valence-electron chi connectivity index (χ3n) is 4.09. The topological polar surface area (TPSA) is 29.5 Å². The van der Waals surface area contributed by atoms with Crippen molar-refractivity contribution in [2.45, 2.75) is 42.6 Å². The van der Waals surface area contributed by atoms with E-state index in [0.717, 1.165) is 24.3 Å². The lowest BCUT2D eigenvalue weighted by Gasteiger charge is -2.27. The SMILES string of the molecule is CC(Sc1ccccc1)C(=O)N(Cc1cccs1)CC1CCCO1. The van der Waals surface area contributed by atoms with Gasteiger partial charge in [-0.3, -0.25) is 4.79 Å². The van der Waals surface area contributed by atoms with Crippen molar-refractivity contribution in [2.75, 3.05) is 13.2 Å². The summed E-state index contributed by atoms with van der Waals surface area (Å²) in [6.07, 6.45) is 2.33. The van der Waals surface area contributed by atoms with Crippen LogP contribution in [0.3, 0.4) is 0 Å². The second-order valence-electron chi connectivity index (χ2n) is 6.01. The fourth-order valence-electron chi connectivity index (χ4n) is 2.87. The highest BCUT2D eigenvalue weighted by Crippen LogP contribution is 2.26. The summed E-state index contributed by atoms with van der Waals surface area (Å²) in [7, 11) is 0. The zero-order valence-electron chi connectivity index (χ0n) is 13.9. The Morgan fingerprint density at radius 3 is 2.83 bits per heavy atom. The summed E-state index contributed by atoms with van der Waals surface area (Å²) >= 11 is 3.32. The van der Waals surface area contributed by atoms with Crippen LogP contribution in [-0.4, -0.2) is 35.3 Å². The predicted octanol–water partition coefficient (Wildman–Crippen LogP) is 4.44. The van der Waals surface area contributed by atoms with Gasteiger partial charge in [0.05, 0.1) is 17.9 Å². The molecule has 2 atom stereocenters. The van der Waals surface area contributed by atoms with Crippen LogP contribution in [0.5, 0.6) is 0 Å². The average molecular weight is 362 g/mol. The third-order valence-corrected chi connectivity index (χ3v) is 6.05. The fourth-order valence-corrected chi connectivity index (χ4v) is 4.56. The molecule has 2 unspecified atom stereocenters. The smallest absolute Gasteiger partial charge is 0.236 e. The molecule has 0 spiro atoms. The molecule has 0 aliphatic carbocycles. The molecular formula is C19H23NO2S2. The van der Waals surface area contributed by atoms with Gasteiger partial charge < -0.3 is 9.64 Å². The third kappa shape index (κ3) is 4.85. The number of nitrogens with zero attached hydrogens (tertiary/aromatic N) is 1. The average Bonchev–Trinajstić information content (AvgIpc) is 3.28. The molecule has 0 radical (unpaired) electrons. The van der Waals surface area contributed by atoms with E-state index in [0.29, 0.717) is 13.1 Å². The van der Waals surface area contributed by atoms with Gasteiger partial charge in [-0.1, -0.05) is 24.3 Å². The Morgan fingerprint density at radius 1 is 1.33 bits per heavy atom. The van der Waals surface area contributed by atoms with Gasteiger partial charge in [0.25, 0.3) is 0 Å². The molecule has 1 fully saturated rings. The molecule has 0 bridgehead atoms. The van der Waals surface area contributed by atoms with Gasteiger partial charge in [-0.2, -0.15) is 0 Å². The number of rotatable bonds is 7. The lowest BCUT2D eigenvalue weighted by Crippen LogP contribution is -2.40. The van der Waals surface area contributed by atoms with Crippen LogP contribution in [0.2, 0.25) is 0 Å². The molecule has 3 rings (SSSR count). The Labute approximate surface area is 152 Å². The van der Waals surface area contributed by atoms with Gasteiger partial charge in [0.2, 0.25) is 5.91 Å². The van der Waals surface area contributed by atoms with Crippen molar-refractivity contribution in [2.24, 2.45) is 0 Å². The summed E-state index contributed by atoms with van der Waals surface area (Å²) in [5.41, 5.74) is 0. The number of thiophene rings is 1. The summed E-state index contributed by atoms with van der Waals surface area (Å²) < 4.78 is 5.75. The Kier molecular flexibility index (Phi) is 6.35. The van der Waals surface area contributed by atoms with Crippen LogP contribution >= 0.6 is 23.1 Å². The highest BCUT2D eigenvalue weighted by atomic mass is 32.2. The number of benzene rings is 1. The molecular weight excluding hydrogens is 338 g/mol. The van der Waals surface area contributed by atoms with Crippen molar-refractivity contribution in [3.63, 3.8) is 0 Å². The molecule has 0 saturated carbocycles. The second kappa shape index (κ2) is 8.70. The van der Waals surface area contributed by atoms with Crippen LogP contribution in [0.4, 0.5) is 0 Å². The molecule has 2 heterocycles. The summed E-state index contributed by atoms with van der Waals surface area (Å²) in [5.74, 6) is 0.188. The quantitative estimate of drug-likeness (QED) is 0.683. The number of thioether (sulfide) groups is 1. The van der Waals surface area contributed by atoms with Gasteiger partial charge in [-0.25, -0.2) is 0 Å². The van der Waals surface area contributed by atoms with Gasteiger partial charge >= 0.3 is 0 Å². The van der Waals surface area contributed by atoms with Gasteiger partial charge in [-0.05, 0) is 43.3 Å². The van der Waals surface area contributed by atoms with E-state index in [1.54, 1.807) is 23.1 Å². The van der Waals surface area contributed by atoms with E-state index in [2.05, 4.69) is 23.6 Å². The van der Waals surface area contributed by atoms with Crippen LogP contribution in [0.15, 0.2) is 52.7 Å². The number of hydrogen-bond acceptors (Lipinski definition) is 4. The van der Waals surface area contributed by atoms with Gasteiger partial charge in [0, 0.05) is 22.9 Å². The fraction of sp³-hybridized carbons (Fsp3) is 0.421. The number of amides is 1. The van der Waals surface area contributed by atoms with Crippen LogP contribution < -0.4 is 0 Å². The minimum Gasteiger partial charge on any atom is -0.376 e. The maximum Gasteiger partial charge on any atom is 0.236 e. The van der Waals surface area contributed by atoms with E-state index < -0.39 is 0 Å². The standard InChI is InChI=1S/C19H23NO2S2/c1-15(24-17-8-3-2-4-9-17)19(21)20(13-16-7-5-11-22-16)14-18-10-6-12-23-18/h2-4,6,8-10,12,15-16H,5,7,11,13-14H2,1H3. The molecule has 1 saturated heterocycles. The lowest BCUT2D eigenvalue weighted by atomic mass is 10.2. The molecule has 2 aromatic rings. The number of ether oxygens (including phenoxy) is 1. The molecule has 1 aromatic heterocycles. The summed E-state index contributed by atoms with van der Waals surface area (Å²) in [4.78, 5) is 17.3. The predicted molar refractivity (Wildman–Crippen MR) is 100 cm³/mol. The summed E-state index contributed by atoms with van der Waals surface area (Å²) in [6.45, 7) is 4.18. The highest BCUT2D eigenvalue weighted by molar-refractivity contribution is 8.00. The largest absolute Gasteiger partial charge is 0.376 e. The molecule has 0 N–H and O–H groups in total. The highest BCUT2D eigenvalue weighted by Gasteiger charge is 2.26. The van der Waals surface area contributed by atoms with E-state index in [-0.39, 0.29) is 17.3 Å². The molecule has 24 heavy (non-hydrogen) atoms. The van der Waals surface area contributed by atoms with Crippen molar-refractivity contribution in [3.05, 3.63) is 52.7 Å². The van der Waals surface area contributed by atoms with Crippen molar-refractivity contribution >= 4 is 29.0 Å². The monoisotopic (exact) mass is 361 g/mol. The maximum atomic E-state index is 13.0. The van der Waals surface area contributed by atoms with Crippen molar-refractivity contribution < 1.29 is 9.53 Å². The first-order chi connectivity index (χ1) is 11.7. The number of carbonyl (C=O) groups is 1. The Bertz CT molecular complexity index is 624. The molecule has 3 nitrogen and oxygen atoms in total. The van der Waals surface area contributed by atoms with Crippen LogP contribution in [-0.2, 0) is 16.1 Å². The minimum absolute atomic E-state index is 0.103. The van der Waals surface area contributed by atoms with E-state index in [1.165, 1.54) is 4.88 Å². The summed E-state index contributed by atoms with van der Waals surface area (Å²) in [6, 6.07) is 14.3. The molecule has 1 amide bonds. The molecule has 5 heteroatoms. The Morgan fingerprint density at radius 2 is 2.17 bits per heavy atom.